The van der Waals surface area contributed by atoms with Crippen LogP contribution in [0.2, 0.25) is 0 Å². The molecule has 0 atom stereocenters. The molecule has 4 amide bonds. The number of esters is 4. The summed E-state index contributed by atoms with van der Waals surface area (Å²) < 4.78 is 22.9. The Hall–Kier alpha value is -13.9. The first-order chi connectivity index (χ1) is 53.5. The maximum absolute atomic E-state index is 15.2. The second-order valence-electron chi connectivity index (χ2n) is 27.1. The van der Waals surface area contributed by atoms with E-state index in [0.29, 0.717) is 134 Å². The van der Waals surface area contributed by atoms with Crippen LogP contribution in [0.1, 0.15) is 114 Å². The van der Waals surface area contributed by atoms with Crippen molar-refractivity contribution in [2.24, 2.45) is 10.8 Å². The fraction of sp³-hybridized carbons (Fsp3) is 0.156. The van der Waals surface area contributed by atoms with E-state index < -0.39 is 58.3 Å². The summed E-state index contributed by atoms with van der Waals surface area (Å²) in [6.45, 7) is 6.37. The lowest BCUT2D eigenvalue weighted by molar-refractivity contribution is -0.173. The fourth-order valence-corrected chi connectivity index (χ4v) is 15.0. The number of amides is 4. The normalized spacial score (nSPS) is 14.2. The van der Waals surface area contributed by atoms with Crippen LogP contribution < -0.4 is 21.3 Å². The van der Waals surface area contributed by atoms with Crippen LogP contribution in [0, 0.1) is 10.8 Å². The number of hydrogen-bond donors (Lipinski definition) is 6. The van der Waals surface area contributed by atoms with Crippen LogP contribution >= 0.6 is 0 Å². The van der Waals surface area contributed by atoms with Crippen molar-refractivity contribution in [3.05, 3.63) is 286 Å². The molecule has 11 aromatic rings. The highest BCUT2D eigenvalue weighted by molar-refractivity contribution is 6.13. The highest BCUT2D eigenvalue weighted by Gasteiger charge is 2.51. The Morgan fingerprint density at radius 1 is 0.309 bits per heavy atom. The summed E-state index contributed by atoms with van der Waals surface area (Å²) in [6, 6.07) is 63.7. The minimum Gasteiger partial charge on any atom is -0.465 e. The molecule has 3 aromatic heterocycles. The predicted octanol–water partition coefficient (Wildman–Crippen LogP) is 16.8. The summed E-state index contributed by atoms with van der Waals surface area (Å²) >= 11 is 0. The van der Waals surface area contributed by atoms with Gasteiger partial charge in [-0.1, -0.05) is 121 Å². The summed E-state index contributed by atoms with van der Waals surface area (Å²) in [7, 11) is 0. The molecule has 0 saturated heterocycles. The molecule has 110 heavy (non-hydrogen) atoms. The van der Waals surface area contributed by atoms with Crippen LogP contribution in [-0.4, -0.2) is 93.9 Å². The number of carbonyl (C=O) groups is 8. The Labute approximate surface area is 632 Å². The lowest BCUT2D eigenvalue weighted by Gasteiger charge is -2.30. The van der Waals surface area contributed by atoms with Gasteiger partial charge in [-0.15, -0.1) is 0 Å². The van der Waals surface area contributed by atoms with Gasteiger partial charge in [0.2, 0.25) is 0 Å². The first-order valence-electron chi connectivity index (χ1n) is 36.4. The molecule has 15 rings (SSSR count). The number of benzene rings is 8. The van der Waals surface area contributed by atoms with E-state index in [4.69, 9.17) is 28.9 Å². The minimum atomic E-state index is -1.99. The number of rotatable bonds is 8. The van der Waals surface area contributed by atoms with E-state index in [1.165, 1.54) is 0 Å². The first kappa shape index (κ1) is 71.7. The van der Waals surface area contributed by atoms with E-state index >= 15 is 19.2 Å². The first-order valence-corrected chi connectivity index (χ1v) is 36.4. The van der Waals surface area contributed by atoms with Gasteiger partial charge in [-0.05, 0) is 197 Å². The molecule has 0 fully saturated rings. The third-order valence-corrected chi connectivity index (χ3v) is 20.0. The quantitative estimate of drug-likeness (QED) is 0.0469. The topological polar surface area (TPSA) is 279 Å². The second kappa shape index (κ2) is 30.5. The lowest BCUT2D eigenvalue weighted by atomic mass is 9.76. The number of para-hydroxylation sites is 4. The zero-order valence-electron chi connectivity index (χ0n) is 60.5. The molecule has 20 heteroatoms. The predicted molar refractivity (Wildman–Crippen MR) is 424 cm³/mol. The molecule has 4 aliphatic heterocycles. The number of nitrogens with one attached hydrogen (secondary N) is 6. The number of nitrogens with zero attached hydrogens (tertiary/aromatic N) is 2. The van der Waals surface area contributed by atoms with Crippen molar-refractivity contribution in [2.75, 3.05) is 47.7 Å². The van der Waals surface area contributed by atoms with Crippen molar-refractivity contribution in [3.8, 4) is 44.5 Å². The van der Waals surface area contributed by atoms with Crippen LogP contribution in [0.15, 0.2) is 218 Å². The largest absolute Gasteiger partial charge is 0.465 e. The molecule has 0 spiro atoms. The van der Waals surface area contributed by atoms with Gasteiger partial charge in [-0.2, -0.15) is 0 Å². The van der Waals surface area contributed by atoms with Gasteiger partial charge in [-0.3, -0.25) is 38.4 Å². The molecule has 0 saturated carbocycles. The Bertz CT molecular complexity index is 5170. The molecule has 0 radical (unpaired) electrons. The van der Waals surface area contributed by atoms with Crippen molar-refractivity contribution in [2.45, 2.75) is 53.4 Å². The van der Waals surface area contributed by atoms with Crippen molar-refractivity contribution in [1.82, 2.24) is 19.9 Å². The molecular weight excluding hydrogens is 1390 g/mol. The minimum absolute atomic E-state index is 0.0549. The molecule has 6 N–H and O–H groups in total. The lowest BCUT2D eigenvalue weighted by Crippen LogP contribution is -2.46. The number of aromatic amines is 2. The molecule has 7 heterocycles. The zero-order chi connectivity index (χ0) is 76.2. The van der Waals surface area contributed by atoms with E-state index in [-0.39, 0.29) is 74.4 Å². The third-order valence-electron chi connectivity index (χ3n) is 20.0. The van der Waals surface area contributed by atoms with E-state index in [9.17, 15) is 19.2 Å². The maximum atomic E-state index is 15.2. The van der Waals surface area contributed by atoms with Crippen molar-refractivity contribution < 1.29 is 57.3 Å². The van der Waals surface area contributed by atoms with E-state index in [0.717, 1.165) is 0 Å². The number of ether oxygens (including phenoxy) is 4. The third kappa shape index (κ3) is 13.9. The van der Waals surface area contributed by atoms with Gasteiger partial charge in [0.15, 0.2) is 10.8 Å². The summed E-state index contributed by atoms with van der Waals surface area (Å²) in [5.41, 5.74) is 8.41. The van der Waals surface area contributed by atoms with Gasteiger partial charge in [0.05, 0.1) is 49.2 Å². The van der Waals surface area contributed by atoms with Crippen LogP contribution in [0.5, 0.6) is 0 Å². The molecule has 20 bridgehead atoms. The number of fused-ring (bicyclic) bond motifs is 24. The Morgan fingerprint density at radius 3 is 0.764 bits per heavy atom. The Kier molecular flexibility index (Phi) is 19.9. The van der Waals surface area contributed by atoms with Gasteiger partial charge in [-0.25, -0.2) is 9.97 Å². The molecule has 546 valence electrons. The number of aromatic nitrogens is 4. The summed E-state index contributed by atoms with van der Waals surface area (Å²) in [4.78, 5) is 138. The highest BCUT2D eigenvalue weighted by Crippen LogP contribution is 2.45. The Morgan fingerprint density at radius 2 is 0.536 bits per heavy atom. The highest BCUT2D eigenvalue weighted by atomic mass is 16.6. The van der Waals surface area contributed by atoms with Gasteiger partial charge in [0.25, 0.3) is 23.6 Å². The molecule has 0 aliphatic carbocycles. The number of hydrogen-bond acceptors (Lipinski definition) is 14. The molecule has 20 nitrogen and oxygen atoms in total. The van der Waals surface area contributed by atoms with E-state index in [1.54, 1.807) is 173 Å². The van der Waals surface area contributed by atoms with Crippen LogP contribution in [-0.2, 0) is 63.8 Å². The van der Waals surface area contributed by atoms with E-state index in [2.05, 4.69) is 31.2 Å². The average molecular weight is 1460 g/mol. The summed E-state index contributed by atoms with van der Waals surface area (Å²) in [5, 5.41) is 12.9. The average Bonchev–Trinajstić information content (AvgIpc) is 1.58. The van der Waals surface area contributed by atoms with Crippen molar-refractivity contribution >= 4 is 117 Å². The second-order valence-corrected chi connectivity index (χ2v) is 27.1. The van der Waals surface area contributed by atoms with Crippen molar-refractivity contribution in [1.29, 1.82) is 0 Å². The Balaban J connectivity index is 1.02. The molecule has 8 aromatic carbocycles. The van der Waals surface area contributed by atoms with Crippen LogP contribution in [0.4, 0.5) is 22.7 Å². The van der Waals surface area contributed by atoms with Gasteiger partial charge in [0.1, 0.15) is 0 Å². The van der Waals surface area contributed by atoms with Crippen molar-refractivity contribution in [3.63, 3.8) is 0 Å². The SMILES string of the molecule is CCOC(=O)C1(C(=O)OCC)Cc2cccc(c2)C(=O)Nc2ccccc2-c2c3nc(c4c5ccc([nH]5)c(c5nc(c(c6ccc2[nH]6)-c2ccccc2NC(=O)c2cccc(c2)C1)C=C5)-c1ccccc1NC(=O)c1cccc(c1)CC(C(=O)OCC)(C(=O)OCC)Cc1cccc(c1)C(=O)Nc1ccccc1-4)C=C3. The molecule has 0 unspecified atom stereocenters. The van der Waals surface area contributed by atoms with Gasteiger partial charge >= 0.3 is 23.9 Å². The number of anilines is 4. The monoisotopic (exact) mass is 1460 g/mol. The summed E-state index contributed by atoms with van der Waals surface area (Å²) in [5.74, 6) is -5.43. The van der Waals surface area contributed by atoms with Gasteiger partial charge < -0.3 is 50.2 Å². The van der Waals surface area contributed by atoms with E-state index in [1.807, 2.05) is 97.1 Å². The van der Waals surface area contributed by atoms with Crippen LogP contribution in [0.3, 0.4) is 0 Å². The smallest absolute Gasteiger partial charge is 0.324 e. The molecule has 4 aliphatic rings. The van der Waals surface area contributed by atoms with Crippen LogP contribution in [0.25, 0.3) is 90.9 Å². The zero-order valence-corrected chi connectivity index (χ0v) is 60.5. The maximum Gasteiger partial charge on any atom is 0.324 e. The standard InChI is InChI=1S/C90H74N8O12/c1-5-107-85(103)89(86(104)108-6-2)49-53-21-17-25-57(45-53)81(99)95-65-33-13-9-29-61(65)77-69-37-38-70(91-69)78(62-30-10-14-34-66(62)96-82(100)58-26-18-22-54(46-58)50-89)74-42-44-76(94-74)80-64-32-12-16-36-68(64)98-84(102)60-28-20-24-56(48-60)52-90(87(105)109-7-3,88(106)110-8-4)51-55-23-19-27-59(47-55)83(101)97-67-35-15-11-31-63(67)79(71-39-40-72(80)92-71)75-43-41-73(77)93-75/h9-48,91-92H,5-8,49-52H2,1-4H3,(H,95,99)(H,96,100)(H,97,101)(H,98,102). The summed E-state index contributed by atoms with van der Waals surface area (Å²) in [6.07, 6.45) is 6.55. The van der Waals surface area contributed by atoms with Gasteiger partial charge in [0, 0.05) is 112 Å². The number of carbonyl (C=O) groups excluding carboxylic acids is 8. The molecular formula is C90H74N8O12. The number of H-pyrrole nitrogens is 2. The fourth-order valence-electron chi connectivity index (χ4n) is 15.0.